The van der Waals surface area contributed by atoms with E-state index in [1.54, 1.807) is 0 Å². The molecule has 3 nitrogen and oxygen atoms in total. The van der Waals surface area contributed by atoms with Gasteiger partial charge in [0.05, 0.1) is 5.69 Å². The minimum absolute atomic E-state index is 0.150. The lowest BCUT2D eigenvalue weighted by molar-refractivity contribution is 0.102. The molecule has 1 amide bonds. The van der Waals surface area contributed by atoms with Gasteiger partial charge in [-0.25, -0.2) is 4.98 Å². The first-order valence-corrected chi connectivity index (χ1v) is 9.52. The summed E-state index contributed by atoms with van der Waals surface area (Å²) in [5, 5.41) is 3.58. The van der Waals surface area contributed by atoms with Crippen LogP contribution >= 0.6 is 11.3 Å². The summed E-state index contributed by atoms with van der Waals surface area (Å²) in [5.74, 6) is -0.150. The van der Waals surface area contributed by atoms with Gasteiger partial charge in [0, 0.05) is 16.0 Å². The van der Waals surface area contributed by atoms with Crippen LogP contribution in [0.25, 0.3) is 22.4 Å². The number of hydrogen-bond donors (Lipinski definition) is 1. The van der Waals surface area contributed by atoms with Crippen LogP contribution in [0.15, 0.2) is 84.9 Å². The summed E-state index contributed by atoms with van der Waals surface area (Å²) in [4.78, 5) is 18.6. The van der Waals surface area contributed by atoms with Gasteiger partial charge in [0.1, 0.15) is 0 Å². The van der Waals surface area contributed by atoms with E-state index in [4.69, 9.17) is 0 Å². The zero-order valence-electron chi connectivity index (χ0n) is 14.8. The van der Waals surface area contributed by atoms with E-state index in [1.807, 2.05) is 91.9 Å². The van der Waals surface area contributed by atoms with E-state index in [-0.39, 0.29) is 5.91 Å². The fourth-order valence-electron chi connectivity index (χ4n) is 3.03. The quantitative estimate of drug-likeness (QED) is 0.476. The first-order valence-electron chi connectivity index (χ1n) is 8.71. The van der Waals surface area contributed by atoms with Crippen molar-refractivity contribution in [2.45, 2.75) is 6.92 Å². The number of aryl methyl sites for hydroxylation is 1. The molecule has 0 saturated carbocycles. The molecule has 27 heavy (non-hydrogen) atoms. The molecular formula is C23H18N2OS. The highest BCUT2D eigenvalue weighted by molar-refractivity contribution is 7.16. The second-order valence-electron chi connectivity index (χ2n) is 6.16. The van der Waals surface area contributed by atoms with Crippen molar-refractivity contribution in [3.05, 3.63) is 95.4 Å². The van der Waals surface area contributed by atoms with Gasteiger partial charge in [-0.05, 0) is 24.1 Å². The van der Waals surface area contributed by atoms with E-state index >= 15 is 0 Å². The van der Waals surface area contributed by atoms with Gasteiger partial charge in [-0.2, -0.15) is 0 Å². The van der Waals surface area contributed by atoms with Crippen LogP contribution in [-0.2, 0) is 0 Å². The number of aromatic nitrogens is 1. The molecule has 0 aliphatic carbocycles. The van der Waals surface area contributed by atoms with Gasteiger partial charge in [0.15, 0.2) is 5.13 Å². The van der Waals surface area contributed by atoms with E-state index in [0.29, 0.717) is 10.7 Å². The zero-order chi connectivity index (χ0) is 18.6. The normalized spacial score (nSPS) is 10.6. The Morgan fingerprint density at radius 1 is 0.815 bits per heavy atom. The Kier molecular flexibility index (Phi) is 4.81. The summed E-state index contributed by atoms with van der Waals surface area (Å²) in [6.45, 7) is 2.02. The van der Waals surface area contributed by atoms with Crippen LogP contribution in [-0.4, -0.2) is 10.9 Å². The van der Waals surface area contributed by atoms with Crippen molar-refractivity contribution in [1.82, 2.24) is 4.98 Å². The maximum atomic E-state index is 12.9. The average molecular weight is 370 g/mol. The Morgan fingerprint density at radius 2 is 1.41 bits per heavy atom. The SMILES string of the molecule is Cc1sc(NC(=O)c2ccccc2-c2ccccc2)nc1-c1ccccc1. The Balaban J connectivity index is 1.63. The summed E-state index contributed by atoms with van der Waals surface area (Å²) >= 11 is 1.49. The van der Waals surface area contributed by atoms with Crippen LogP contribution < -0.4 is 5.32 Å². The number of nitrogens with zero attached hydrogens (tertiary/aromatic N) is 1. The number of carbonyl (C=O) groups is 1. The van der Waals surface area contributed by atoms with Gasteiger partial charge in [0.2, 0.25) is 0 Å². The van der Waals surface area contributed by atoms with Crippen LogP contribution in [0.1, 0.15) is 15.2 Å². The second-order valence-corrected chi connectivity index (χ2v) is 7.36. The monoisotopic (exact) mass is 370 g/mol. The largest absolute Gasteiger partial charge is 0.298 e. The molecule has 0 unspecified atom stereocenters. The average Bonchev–Trinajstić information content (AvgIpc) is 3.09. The zero-order valence-corrected chi connectivity index (χ0v) is 15.7. The predicted molar refractivity (Wildman–Crippen MR) is 112 cm³/mol. The third kappa shape index (κ3) is 3.66. The van der Waals surface area contributed by atoms with Crippen LogP contribution in [0.4, 0.5) is 5.13 Å². The molecule has 132 valence electrons. The molecule has 1 aromatic heterocycles. The fraction of sp³-hybridized carbons (Fsp3) is 0.0435. The predicted octanol–water partition coefficient (Wildman–Crippen LogP) is 6.04. The minimum Gasteiger partial charge on any atom is -0.298 e. The standard InChI is InChI=1S/C23H18N2OS/c1-16-21(18-12-6-3-7-13-18)24-23(27-16)25-22(26)20-15-9-8-14-19(20)17-10-4-2-5-11-17/h2-15H,1H3,(H,24,25,26). The van der Waals surface area contributed by atoms with Gasteiger partial charge < -0.3 is 0 Å². The van der Waals surface area contributed by atoms with Crippen molar-refractivity contribution in [2.75, 3.05) is 5.32 Å². The van der Waals surface area contributed by atoms with E-state index in [2.05, 4.69) is 10.3 Å². The summed E-state index contributed by atoms with van der Waals surface area (Å²) in [6, 6.07) is 27.6. The molecule has 0 fully saturated rings. The lowest BCUT2D eigenvalue weighted by Crippen LogP contribution is -2.12. The summed E-state index contributed by atoms with van der Waals surface area (Å²) in [5.41, 5.74) is 4.53. The number of nitrogens with one attached hydrogen (secondary N) is 1. The van der Waals surface area contributed by atoms with Crippen LogP contribution in [0.2, 0.25) is 0 Å². The number of thiazole rings is 1. The Bertz CT molecular complexity index is 1070. The van der Waals surface area contributed by atoms with Crippen molar-refractivity contribution in [3.8, 4) is 22.4 Å². The van der Waals surface area contributed by atoms with Crippen molar-refractivity contribution < 1.29 is 4.79 Å². The van der Waals surface area contributed by atoms with E-state index in [9.17, 15) is 4.79 Å². The number of carbonyl (C=O) groups excluding carboxylic acids is 1. The lowest BCUT2D eigenvalue weighted by Gasteiger charge is -2.09. The van der Waals surface area contributed by atoms with Crippen molar-refractivity contribution in [1.29, 1.82) is 0 Å². The lowest BCUT2D eigenvalue weighted by atomic mass is 9.99. The van der Waals surface area contributed by atoms with Gasteiger partial charge in [-0.3, -0.25) is 10.1 Å². The fourth-order valence-corrected chi connectivity index (χ4v) is 3.86. The van der Waals surface area contributed by atoms with Crippen LogP contribution in [0.3, 0.4) is 0 Å². The molecule has 4 rings (SSSR count). The van der Waals surface area contributed by atoms with Crippen molar-refractivity contribution in [2.24, 2.45) is 0 Å². The highest BCUT2D eigenvalue weighted by Crippen LogP contribution is 2.31. The molecule has 4 heteroatoms. The van der Waals surface area contributed by atoms with Gasteiger partial charge in [0.25, 0.3) is 5.91 Å². The number of hydrogen-bond acceptors (Lipinski definition) is 3. The maximum absolute atomic E-state index is 12.9. The molecule has 4 aromatic rings. The van der Waals surface area contributed by atoms with Gasteiger partial charge in [-0.1, -0.05) is 78.9 Å². The highest BCUT2D eigenvalue weighted by Gasteiger charge is 2.16. The molecule has 1 heterocycles. The van der Waals surface area contributed by atoms with Gasteiger partial charge in [-0.15, -0.1) is 11.3 Å². The first kappa shape index (κ1) is 17.2. The number of anilines is 1. The maximum Gasteiger partial charge on any atom is 0.258 e. The Hall–Kier alpha value is -3.24. The Morgan fingerprint density at radius 3 is 2.11 bits per heavy atom. The molecule has 0 aliphatic heterocycles. The number of rotatable bonds is 4. The van der Waals surface area contributed by atoms with Crippen molar-refractivity contribution >= 4 is 22.4 Å². The second kappa shape index (κ2) is 7.56. The molecule has 1 N–H and O–H groups in total. The smallest absolute Gasteiger partial charge is 0.258 e. The third-order valence-corrected chi connectivity index (χ3v) is 5.21. The summed E-state index contributed by atoms with van der Waals surface area (Å²) in [6.07, 6.45) is 0. The molecule has 0 atom stereocenters. The molecule has 0 bridgehead atoms. The topological polar surface area (TPSA) is 42.0 Å². The van der Waals surface area contributed by atoms with E-state index < -0.39 is 0 Å². The number of amides is 1. The summed E-state index contributed by atoms with van der Waals surface area (Å²) in [7, 11) is 0. The Labute approximate surface area is 162 Å². The molecule has 0 radical (unpaired) electrons. The molecule has 0 spiro atoms. The van der Waals surface area contributed by atoms with Crippen LogP contribution in [0, 0.1) is 6.92 Å². The van der Waals surface area contributed by atoms with Crippen LogP contribution in [0.5, 0.6) is 0 Å². The van der Waals surface area contributed by atoms with E-state index in [0.717, 1.165) is 27.3 Å². The van der Waals surface area contributed by atoms with Gasteiger partial charge >= 0.3 is 0 Å². The molecule has 3 aromatic carbocycles. The van der Waals surface area contributed by atoms with E-state index in [1.165, 1.54) is 11.3 Å². The highest BCUT2D eigenvalue weighted by atomic mass is 32.1. The summed E-state index contributed by atoms with van der Waals surface area (Å²) < 4.78 is 0. The first-order chi connectivity index (χ1) is 13.2. The molecule has 0 aliphatic rings. The molecular weight excluding hydrogens is 352 g/mol. The molecule has 0 saturated heterocycles. The minimum atomic E-state index is -0.150. The number of benzene rings is 3. The van der Waals surface area contributed by atoms with Crippen molar-refractivity contribution in [3.63, 3.8) is 0 Å². The third-order valence-electron chi connectivity index (χ3n) is 4.32.